The lowest BCUT2D eigenvalue weighted by Crippen LogP contribution is -2.28. The molecule has 2 rings (SSSR count). The molecule has 0 amide bonds. The average molecular weight is 529 g/mol. The van der Waals surface area contributed by atoms with Crippen molar-refractivity contribution in [3.05, 3.63) is 17.5 Å². The summed E-state index contributed by atoms with van der Waals surface area (Å²) < 4.78 is 99.4. The van der Waals surface area contributed by atoms with Gasteiger partial charge in [-0.2, -0.15) is 0 Å². The van der Waals surface area contributed by atoms with Crippen LogP contribution in [0.2, 0.25) is 0 Å². The lowest BCUT2D eigenvalue weighted by molar-refractivity contribution is -0.154. The SMILES string of the molecule is CC(C)(C)OC(=O)CCS(=O)(=O)c1c(F)c(F)c(S(N)(=O)=O)c(F)c1NC1CCCCCCC1. The summed E-state index contributed by atoms with van der Waals surface area (Å²) in [5.41, 5.74) is -1.91. The third-order valence-electron chi connectivity index (χ3n) is 5.28. The van der Waals surface area contributed by atoms with Gasteiger partial charge in [-0.1, -0.05) is 32.1 Å². The molecule has 1 aliphatic rings. The Morgan fingerprint density at radius 3 is 1.94 bits per heavy atom. The highest BCUT2D eigenvalue weighted by molar-refractivity contribution is 7.91. The van der Waals surface area contributed by atoms with E-state index in [1.54, 1.807) is 20.8 Å². The molecule has 1 aromatic carbocycles. The smallest absolute Gasteiger partial charge is 0.307 e. The van der Waals surface area contributed by atoms with Crippen LogP contribution in [0, 0.1) is 17.5 Å². The Labute approximate surface area is 198 Å². The Hall–Kier alpha value is -1.86. The minimum Gasteiger partial charge on any atom is -0.460 e. The molecule has 0 spiro atoms. The first-order valence-electron chi connectivity index (χ1n) is 11.0. The number of carbonyl (C=O) groups excluding carboxylic acids is 1. The number of nitrogens with one attached hydrogen (secondary N) is 1. The van der Waals surface area contributed by atoms with E-state index >= 15 is 8.78 Å². The predicted molar refractivity (Wildman–Crippen MR) is 120 cm³/mol. The monoisotopic (exact) mass is 528 g/mol. The molecule has 0 aromatic heterocycles. The zero-order chi connectivity index (χ0) is 25.9. The summed E-state index contributed by atoms with van der Waals surface area (Å²) in [5.74, 6) is -8.05. The number of rotatable bonds is 7. The van der Waals surface area contributed by atoms with Crippen molar-refractivity contribution in [3.63, 3.8) is 0 Å². The molecule has 8 nitrogen and oxygen atoms in total. The molecule has 1 aromatic rings. The van der Waals surface area contributed by atoms with Crippen molar-refractivity contribution in [1.29, 1.82) is 0 Å². The average Bonchev–Trinajstić information content (AvgIpc) is 2.64. The number of halogens is 3. The van der Waals surface area contributed by atoms with Crippen LogP contribution in [0.15, 0.2) is 9.79 Å². The summed E-state index contributed by atoms with van der Waals surface area (Å²) >= 11 is 0. The van der Waals surface area contributed by atoms with Gasteiger partial charge in [0.1, 0.15) is 10.5 Å². The van der Waals surface area contributed by atoms with Crippen molar-refractivity contribution in [3.8, 4) is 0 Å². The molecule has 3 N–H and O–H groups in total. The molecule has 0 saturated heterocycles. The molecule has 1 aliphatic carbocycles. The molecule has 34 heavy (non-hydrogen) atoms. The van der Waals surface area contributed by atoms with Crippen molar-refractivity contribution >= 4 is 31.5 Å². The Morgan fingerprint density at radius 2 is 1.44 bits per heavy atom. The van der Waals surface area contributed by atoms with Crippen LogP contribution in [-0.2, 0) is 29.4 Å². The van der Waals surface area contributed by atoms with Gasteiger partial charge in [0.05, 0.1) is 17.9 Å². The quantitative estimate of drug-likeness (QED) is 0.406. The van der Waals surface area contributed by atoms with E-state index in [0.29, 0.717) is 12.8 Å². The molecule has 1 saturated carbocycles. The third kappa shape index (κ3) is 7.32. The van der Waals surface area contributed by atoms with Crippen molar-refractivity contribution in [2.45, 2.75) is 93.6 Å². The van der Waals surface area contributed by atoms with E-state index in [-0.39, 0.29) is 0 Å². The fraction of sp³-hybridized carbons (Fsp3) is 0.667. The zero-order valence-corrected chi connectivity index (χ0v) is 21.1. The van der Waals surface area contributed by atoms with Gasteiger partial charge in [-0.3, -0.25) is 4.79 Å². The maximum absolute atomic E-state index is 15.3. The molecule has 0 radical (unpaired) electrons. The van der Waals surface area contributed by atoms with Crippen LogP contribution >= 0.6 is 0 Å². The first-order chi connectivity index (χ1) is 15.5. The van der Waals surface area contributed by atoms with E-state index in [1.807, 2.05) is 0 Å². The van der Waals surface area contributed by atoms with Gasteiger partial charge in [0.15, 0.2) is 32.2 Å². The van der Waals surface area contributed by atoms with E-state index in [4.69, 9.17) is 9.88 Å². The van der Waals surface area contributed by atoms with Gasteiger partial charge in [-0.25, -0.2) is 35.1 Å². The van der Waals surface area contributed by atoms with Gasteiger partial charge in [0, 0.05) is 6.04 Å². The molecular weight excluding hydrogens is 497 g/mol. The number of sulfonamides is 1. The third-order valence-corrected chi connectivity index (χ3v) is 7.96. The first kappa shape index (κ1) is 28.4. The number of benzene rings is 1. The highest BCUT2D eigenvalue weighted by atomic mass is 32.2. The van der Waals surface area contributed by atoms with Crippen LogP contribution in [-0.4, -0.2) is 40.2 Å². The lowest BCUT2D eigenvalue weighted by Gasteiger charge is -2.25. The molecule has 0 atom stereocenters. The maximum atomic E-state index is 15.3. The van der Waals surface area contributed by atoms with Gasteiger partial charge in [0.2, 0.25) is 10.0 Å². The molecule has 194 valence electrons. The summed E-state index contributed by atoms with van der Waals surface area (Å²) in [7, 11) is -9.87. The Kier molecular flexibility index (Phi) is 9.03. The minimum atomic E-state index is -5.07. The number of esters is 1. The van der Waals surface area contributed by atoms with Crippen molar-refractivity contribution in [2.24, 2.45) is 5.14 Å². The zero-order valence-electron chi connectivity index (χ0n) is 19.4. The second-order valence-electron chi connectivity index (χ2n) is 9.36. The number of anilines is 1. The van der Waals surface area contributed by atoms with E-state index < -0.39 is 82.6 Å². The summed E-state index contributed by atoms with van der Waals surface area (Å²) in [4.78, 5) is 8.84. The van der Waals surface area contributed by atoms with E-state index in [0.717, 1.165) is 32.1 Å². The van der Waals surface area contributed by atoms with E-state index in [2.05, 4.69) is 5.32 Å². The maximum Gasteiger partial charge on any atom is 0.307 e. The Morgan fingerprint density at radius 1 is 0.941 bits per heavy atom. The minimum absolute atomic E-state index is 0.487. The molecule has 13 heteroatoms. The fourth-order valence-corrected chi connectivity index (χ4v) is 5.96. The van der Waals surface area contributed by atoms with Crippen molar-refractivity contribution in [2.75, 3.05) is 11.1 Å². The predicted octanol–water partition coefficient (Wildman–Crippen LogP) is 3.78. The van der Waals surface area contributed by atoms with Gasteiger partial charge in [0.25, 0.3) is 0 Å². The number of ether oxygens (including phenoxy) is 1. The number of sulfone groups is 1. The summed E-state index contributed by atoms with van der Waals surface area (Å²) in [6, 6.07) is -0.507. The van der Waals surface area contributed by atoms with Gasteiger partial charge >= 0.3 is 5.97 Å². The van der Waals surface area contributed by atoms with Crippen LogP contribution < -0.4 is 10.5 Å². The highest BCUT2D eigenvalue weighted by Gasteiger charge is 2.37. The number of primary sulfonamides is 1. The second kappa shape index (κ2) is 10.8. The van der Waals surface area contributed by atoms with Gasteiger partial charge in [-0.05, 0) is 33.6 Å². The fourth-order valence-electron chi connectivity index (χ4n) is 3.81. The molecular formula is C21H31F3N2O6S2. The Balaban J connectivity index is 2.57. The topological polar surface area (TPSA) is 133 Å². The van der Waals surface area contributed by atoms with E-state index in [9.17, 15) is 26.0 Å². The van der Waals surface area contributed by atoms with Crippen LogP contribution in [0.5, 0.6) is 0 Å². The van der Waals surface area contributed by atoms with E-state index in [1.165, 1.54) is 0 Å². The molecule has 1 fully saturated rings. The van der Waals surface area contributed by atoms with Crippen molar-refractivity contribution in [1.82, 2.24) is 0 Å². The highest BCUT2D eigenvalue weighted by Crippen LogP contribution is 2.37. The normalized spacial score (nSPS) is 16.6. The lowest BCUT2D eigenvalue weighted by atomic mass is 9.96. The molecule has 0 aliphatic heterocycles. The summed E-state index contributed by atoms with van der Waals surface area (Å²) in [6.45, 7) is 4.69. The van der Waals surface area contributed by atoms with Crippen LogP contribution in [0.25, 0.3) is 0 Å². The van der Waals surface area contributed by atoms with Crippen molar-refractivity contribution < 1.29 is 39.5 Å². The standard InChI is InChI=1S/C21H31F3N2O6S2/c1-21(2,3)32-14(27)11-12-33(28,29)20-16(23)15(22)19(34(25,30)31)17(24)18(20)26-13-9-7-5-4-6-8-10-13/h13,26H,4-12H2,1-3H3,(H2,25,30,31). The largest absolute Gasteiger partial charge is 0.460 e. The summed E-state index contributed by atoms with van der Waals surface area (Å²) in [5, 5.41) is 7.48. The summed E-state index contributed by atoms with van der Waals surface area (Å²) in [6.07, 6.45) is 4.51. The number of carbonyl (C=O) groups is 1. The Bertz CT molecular complexity index is 1120. The van der Waals surface area contributed by atoms with Gasteiger partial charge in [-0.15, -0.1) is 0 Å². The molecule has 0 unspecified atom stereocenters. The second-order valence-corrected chi connectivity index (χ2v) is 12.9. The van der Waals surface area contributed by atoms with Crippen LogP contribution in [0.1, 0.15) is 72.1 Å². The number of nitrogens with two attached hydrogens (primary N) is 1. The number of hydrogen-bond acceptors (Lipinski definition) is 7. The first-order valence-corrected chi connectivity index (χ1v) is 14.2. The van der Waals surface area contributed by atoms with Gasteiger partial charge < -0.3 is 10.1 Å². The number of hydrogen-bond donors (Lipinski definition) is 2. The van der Waals surface area contributed by atoms with Crippen LogP contribution in [0.4, 0.5) is 18.9 Å². The molecule has 0 heterocycles. The molecule has 0 bridgehead atoms. The van der Waals surface area contributed by atoms with Crippen LogP contribution in [0.3, 0.4) is 0 Å².